The summed E-state index contributed by atoms with van der Waals surface area (Å²) in [6, 6.07) is 8.71. The highest BCUT2D eigenvalue weighted by Crippen LogP contribution is 2.29. The van der Waals surface area contributed by atoms with E-state index in [2.05, 4.69) is 41.1 Å². The van der Waals surface area contributed by atoms with Gasteiger partial charge in [0.1, 0.15) is 5.82 Å². The molecule has 0 saturated carbocycles. The topological polar surface area (TPSA) is 29.9 Å². The largest absolute Gasteiger partial charge is 0.331 e. The molecular weight excluding hydrogens is 246 g/mol. The van der Waals surface area contributed by atoms with Gasteiger partial charge in [-0.15, -0.1) is 0 Å². The summed E-state index contributed by atoms with van der Waals surface area (Å²) in [4.78, 5) is 4.96. The van der Waals surface area contributed by atoms with Gasteiger partial charge in [0.05, 0.1) is 5.69 Å². The molecule has 0 radical (unpaired) electrons. The van der Waals surface area contributed by atoms with Crippen LogP contribution < -0.4 is 5.32 Å². The van der Waals surface area contributed by atoms with Gasteiger partial charge in [0.15, 0.2) is 0 Å². The van der Waals surface area contributed by atoms with Gasteiger partial charge in [-0.25, -0.2) is 4.98 Å². The lowest BCUT2D eigenvalue weighted by Gasteiger charge is -2.17. The van der Waals surface area contributed by atoms with E-state index in [0.29, 0.717) is 0 Å². The minimum atomic E-state index is 0.990. The summed E-state index contributed by atoms with van der Waals surface area (Å²) >= 11 is 0. The number of hydrogen-bond donors (Lipinski definition) is 1. The van der Waals surface area contributed by atoms with Crippen LogP contribution in [-0.2, 0) is 19.4 Å². The molecule has 0 saturated heterocycles. The highest BCUT2D eigenvalue weighted by molar-refractivity contribution is 5.63. The third kappa shape index (κ3) is 2.50. The molecule has 0 fully saturated rings. The average Bonchev–Trinajstić information content (AvgIpc) is 2.84. The zero-order valence-corrected chi connectivity index (χ0v) is 12.4. The number of rotatable bonds is 4. The number of hydrogen-bond acceptors (Lipinski definition) is 2. The highest BCUT2D eigenvalue weighted by atomic mass is 15.1. The van der Waals surface area contributed by atoms with Gasteiger partial charge in [-0.3, -0.25) is 0 Å². The van der Waals surface area contributed by atoms with Crippen molar-refractivity contribution in [1.29, 1.82) is 0 Å². The third-order valence-electron chi connectivity index (χ3n) is 4.09. The maximum absolute atomic E-state index is 4.96. The number of benzene rings is 1. The molecule has 2 aromatic rings. The number of likely N-dealkylation sites (N-methyl/N-ethyl adjacent to an activating group) is 1. The first kappa shape index (κ1) is 13.4. The Bertz CT molecular complexity index is 598. The summed E-state index contributed by atoms with van der Waals surface area (Å²) in [6.07, 6.45) is 4.74. The van der Waals surface area contributed by atoms with Crippen LogP contribution in [0.15, 0.2) is 24.3 Å². The van der Waals surface area contributed by atoms with Crippen LogP contribution in [0.25, 0.3) is 11.3 Å². The molecule has 2 heterocycles. The van der Waals surface area contributed by atoms with E-state index in [1.54, 1.807) is 0 Å². The lowest BCUT2D eigenvalue weighted by atomic mass is 10.0. The first-order valence-corrected chi connectivity index (χ1v) is 7.59. The molecule has 3 rings (SSSR count). The number of fused-ring (bicyclic) bond motifs is 1. The minimum absolute atomic E-state index is 0.990. The van der Waals surface area contributed by atoms with Crippen molar-refractivity contribution in [3.63, 3.8) is 0 Å². The van der Waals surface area contributed by atoms with Crippen molar-refractivity contribution >= 4 is 0 Å². The fraction of sp³-hybridized carbons (Fsp3) is 0.471. The molecule has 0 bridgehead atoms. The first-order chi connectivity index (χ1) is 9.79. The van der Waals surface area contributed by atoms with Crippen molar-refractivity contribution in [1.82, 2.24) is 14.9 Å². The van der Waals surface area contributed by atoms with Crippen LogP contribution in [0, 0.1) is 6.92 Å². The van der Waals surface area contributed by atoms with Gasteiger partial charge in [-0.05, 0) is 39.3 Å². The van der Waals surface area contributed by atoms with E-state index in [9.17, 15) is 0 Å². The van der Waals surface area contributed by atoms with Crippen molar-refractivity contribution in [3.8, 4) is 11.3 Å². The van der Waals surface area contributed by atoms with Gasteiger partial charge < -0.3 is 9.88 Å². The number of aryl methyl sites for hydroxylation is 1. The molecule has 3 nitrogen and oxygen atoms in total. The predicted molar refractivity (Wildman–Crippen MR) is 83.0 cm³/mol. The van der Waals surface area contributed by atoms with Crippen molar-refractivity contribution in [2.24, 2.45) is 0 Å². The second-order valence-corrected chi connectivity index (χ2v) is 5.66. The van der Waals surface area contributed by atoms with Crippen molar-refractivity contribution in [2.45, 2.75) is 39.2 Å². The number of nitrogens with one attached hydrogen (secondary N) is 1. The molecule has 1 N–H and O–H groups in total. The Labute approximate surface area is 121 Å². The van der Waals surface area contributed by atoms with E-state index >= 15 is 0 Å². The van der Waals surface area contributed by atoms with E-state index < -0.39 is 0 Å². The van der Waals surface area contributed by atoms with Crippen LogP contribution in [0.5, 0.6) is 0 Å². The van der Waals surface area contributed by atoms with Gasteiger partial charge >= 0.3 is 0 Å². The third-order valence-corrected chi connectivity index (χ3v) is 4.09. The molecule has 0 atom stereocenters. The quantitative estimate of drug-likeness (QED) is 0.925. The van der Waals surface area contributed by atoms with Crippen molar-refractivity contribution in [3.05, 3.63) is 41.3 Å². The summed E-state index contributed by atoms with van der Waals surface area (Å²) in [5, 5.41) is 3.23. The maximum atomic E-state index is 4.96. The summed E-state index contributed by atoms with van der Waals surface area (Å²) in [5.41, 5.74) is 5.22. The lowest BCUT2D eigenvalue weighted by molar-refractivity contribution is 0.512. The zero-order chi connectivity index (χ0) is 13.9. The molecule has 0 spiro atoms. The molecule has 0 amide bonds. The monoisotopic (exact) mass is 269 g/mol. The number of imidazole rings is 1. The molecular formula is C17H23N3. The molecule has 0 aliphatic carbocycles. The van der Waals surface area contributed by atoms with Gasteiger partial charge in [-0.2, -0.15) is 0 Å². The molecule has 1 aromatic carbocycles. The van der Waals surface area contributed by atoms with Crippen LogP contribution in [0.2, 0.25) is 0 Å². The Morgan fingerprint density at radius 3 is 3.00 bits per heavy atom. The minimum Gasteiger partial charge on any atom is -0.331 e. The Morgan fingerprint density at radius 2 is 2.20 bits per heavy atom. The molecule has 20 heavy (non-hydrogen) atoms. The van der Waals surface area contributed by atoms with Crippen LogP contribution in [0.1, 0.15) is 29.9 Å². The SMILES string of the molecule is CNCCc1nc(-c2cccc(C)c2)c2n1CCCC2. The Morgan fingerprint density at radius 1 is 1.30 bits per heavy atom. The summed E-state index contributed by atoms with van der Waals surface area (Å²) < 4.78 is 2.46. The molecule has 1 aliphatic heterocycles. The first-order valence-electron chi connectivity index (χ1n) is 7.59. The molecule has 1 aromatic heterocycles. The van der Waals surface area contributed by atoms with E-state index in [4.69, 9.17) is 4.98 Å². The highest BCUT2D eigenvalue weighted by Gasteiger charge is 2.20. The van der Waals surface area contributed by atoms with Crippen molar-refractivity contribution < 1.29 is 0 Å². The van der Waals surface area contributed by atoms with E-state index in [1.807, 2.05) is 7.05 Å². The Hall–Kier alpha value is -1.61. The molecule has 106 valence electrons. The van der Waals surface area contributed by atoms with Gasteiger partial charge in [0, 0.05) is 30.8 Å². The fourth-order valence-electron chi connectivity index (χ4n) is 3.07. The van der Waals surface area contributed by atoms with Crippen molar-refractivity contribution in [2.75, 3.05) is 13.6 Å². The Kier molecular flexibility index (Phi) is 3.88. The molecule has 3 heteroatoms. The van der Waals surface area contributed by atoms with Gasteiger partial charge in [0.25, 0.3) is 0 Å². The van der Waals surface area contributed by atoms with E-state index in [1.165, 1.54) is 41.2 Å². The predicted octanol–water partition coefficient (Wildman–Crippen LogP) is 2.96. The molecule has 1 aliphatic rings. The van der Waals surface area contributed by atoms with Gasteiger partial charge in [0.2, 0.25) is 0 Å². The normalized spacial score (nSPS) is 14.3. The molecule has 0 unspecified atom stereocenters. The Balaban J connectivity index is 2.04. The summed E-state index contributed by atoms with van der Waals surface area (Å²) in [7, 11) is 2.00. The standard InChI is InChI=1S/C17H23N3/c1-13-6-5-7-14(12-13)17-15-8-3-4-11-20(15)16(19-17)9-10-18-2/h5-7,12,18H,3-4,8-11H2,1-2H3. The summed E-state index contributed by atoms with van der Waals surface area (Å²) in [6.45, 7) is 4.27. The average molecular weight is 269 g/mol. The van der Waals surface area contributed by atoms with Crippen LogP contribution in [0.3, 0.4) is 0 Å². The van der Waals surface area contributed by atoms with E-state index in [0.717, 1.165) is 25.9 Å². The zero-order valence-electron chi connectivity index (χ0n) is 12.4. The van der Waals surface area contributed by atoms with Gasteiger partial charge in [-0.1, -0.05) is 23.8 Å². The second-order valence-electron chi connectivity index (χ2n) is 5.66. The smallest absolute Gasteiger partial charge is 0.110 e. The van der Waals surface area contributed by atoms with Crippen LogP contribution in [-0.4, -0.2) is 23.1 Å². The lowest BCUT2D eigenvalue weighted by Crippen LogP contribution is -2.17. The van der Waals surface area contributed by atoms with Crippen LogP contribution in [0.4, 0.5) is 0 Å². The number of aromatic nitrogens is 2. The van der Waals surface area contributed by atoms with Crippen LogP contribution >= 0.6 is 0 Å². The fourth-order valence-corrected chi connectivity index (χ4v) is 3.07. The maximum Gasteiger partial charge on any atom is 0.110 e. The second kappa shape index (κ2) is 5.80. The number of nitrogens with zero attached hydrogens (tertiary/aromatic N) is 2. The summed E-state index contributed by atoms with van der Waals surface area (Å²) in [5.74, 6) is 1.24. The van der Waals surface area contributed by atoms with E-state index in [-0.39, 0.29) is 0 Å².